The zero-order chi connectivity index (χ0) is 20.7. The van der Waals surface area contributed by atoms with Crippen LogP contribution in [0, 0.1) is 19.7 Å². The molecule has 3 aromatic rings. The molecular formula is C22H17ClFN3O2. The van der Waals surface area contributed by atoms with Crippen LogP contribution in [0.15, 0.2) is 60.3 Å². The highest BCUT2D eigenvalue weighted by molar-refractivity contribution is 6.31. The van der Waals surface area contributed by atoms with Crippen LogP contribution in [0.4, 0.5) is 14.9 Å². The Morgan fingerprint density at radius 3 is 2.41 bits per heavy atom. The maximum absolute atomic E-state index is 13.5. The predicted molar refractivity (Wildman–Crippen MR) is 111 cm³/mol. The quantitative estimate of drug-likeness (QED) is 0.489. The monoisotopic (exact) mass is 409 g/mol. The molecule has 0 unspecified atom stereocenters. The Kier molecular flexibility index (Phi) is 4.72. The number of carbonyl (C=O) groups is 2. The summed E-state index contributed by atoms with van der Waals surface area (Å²) in [4.78, 5) is 26.2. The number of hydrogen-bond donors (Lipinski definition) is 1. The summed E-state index contributed by atoms with van der Waals surface area (Å²) in [5.41, 5.74) is 3.89. The third-order valence-corrected chi connectivity index (χ3v) is 5.11. The van der Waals surface area contributed by atoms with Gasteiger partial charge in [-0.15, -0.1) is 0 Å². The smallest absolute Gasteiger partial charge is 0.318 e. The number of aryl methyl sites for hydroxylation is 1. The third-order valence-electron chi connectivity index (χ3n) is 4.82. The Bertz CT molecular complexity index is 1170. The predicted octanol–water partition coefficient (Wildman–Crippen LogP) is 4.98. The molecule has 1 N–H and O–H groups in total. The van der Waals surface area contributed by atoms with E-state index in [-0.39, 0.29) is 10.7 Å². The molecule has 29 heavy (non-hydrogen) atoms. The molecule has 0 atom stereocenters. The van der Waals surface area contributed by atoms with Crippen LogP contribution in [0.5, 0.6) is 0 Å². The van der Waals surface area contributed by atoms with Crippen LogP contribution in [-0.2, 0) is 4.79 Å². The van der Waals surface area contributed by atoms with Gasteiger partial charge in [-0.1, -0.05) is 29.8 Å². The maximum Gasteiger partial charge on any atom is 0.333 e. The largest absolute Gasteiger partial charge is 0.333 e. The van der Waals surface area contributed by atoms with Crippen LogP contribution in [0.25, 0.3) is 11.8 Å². The second-order valence-corrected chi connectivity index (χ2v) is 7.13. The topological polar surface area (TPSA) is 54.3 Å². The van der Waals surface area contributed by atoms with Gasteiger partial charge in [0.1, 0.15) is 11.5 Å². The number of nitrogens with one attached hydrogen (secondary N) is 1. The van der Waals surface area contributed by atoms with Crippen LogP contribution in [-0.4, -0.2) is 16.5 Å². The molecule has 3 amide bonds. The standard InChI is InChI=1S/C22H17ClFN3O2/c1-13-10-15(14(2)26(13)17-8-9-19(24)18(23)12-17)11-20-21(28)27(22(29)25-20)16-6-4-3-5-7-16/h3-12H,1-2H3,(H,25,29)/b20-11+. The van der Waals surface area contributed by atoms with E-state index in [1.807, 2.05) is 30.5 Å². The summed E-state index contributed by atoms with van der Waals surface area (Å²) in [5, 5.41) is 2.67. The van der Waals surface area contributed by atoms with E-state index in [4.69, 9.17) is 11.6 Å². The molecular weight excluding hydrogens is 393 g/mol. The Balaban J connectivity index is 1.71. The fourth-order valence-corrected chi connectivity index (χ4v) is 3.63. The Hall–Kier alpha value is -3.38. The number of benzene rings is 2. The zero-order valence-corrected chi connectivity index (χ0v) is 16.5. The molecule has 5 nitrogen and oxygen atoms in total. The second-order valence-electron chi connectivity index (χ2n) is 6.72. The third kappa shape index (κ3) is 3.32. The number of aromatic nitrogens is 1. The van der Waals surface area contributed by atoms with Gasteiger partial charge in [0, 0.05) is 17.1 Å². The first-order valence-electron chi connectivity index (χ1n) is 8.93. The number of rotatable bonds is 3. The number of anilines is 1. The fraction of sp³-hybridized carbons (Fsp3) is 0.0909. The van der Waals surface area contributed by atoms with Crippen molar-refractivity contribution in [2.75, 3.05) is 4.90 Å². The summed E-state index contributed by atoms with van der Waals surface area (Å²) in [6.45, 7) is 3.78. The van der Waals surface area contributed by atoms with Gasteiger partial charge in [0.25, 0.3) is 5.91 Å². The summed E-state index contributed by atoms with van der Waals surface area (Å²) in [6, 6.07) is 14.6. The molecule has 0 radical (unpaired) electrons. The van der Waals surface area contributed by atoms with Crippen LogP contribution in [0.2, 0.25) is 5.02 Å². The molecule has 2 aromatic carbocycles. The van der Waals surface area contributed by atoms with Gasteiger partial charge >= 0.3 is 6.03 Å². The molecule has 1 aromatic heterocycles. The number of urea groups is 1. The van der Waals surface area contributed by atoms with Crippen molar-refractivity contribution >= 4 is 35.3 Å². The number of hydrogen-bond acceptors (Lipinski definition) is 2. The average Bonchev–Trinajstić information content (AvgIpc) is 3.13. The van der Waals surface area contributed by atoms with Crippen LogP contribution < -0.4 is 10.2 Å². The number of carbonyl (C=O) groups excluding carboxylic acids is 2. The van der Waals surface area contributed by atoms with E-state index in [0.29, 0.717) is 11.4 Å². The number of nitrogens with zero attached hydrogens (tertiary/aromatic N) is 2. The second kappa shape index (κ2) is 7.22. The SMILES string of the molecule is Cc1cc(/C=C2/NC(=O)N(c3ccccc3)C2=O)c(C)n1-c1ccc(F)c(Cl)c1. The Labute approximate surface area is 172 Å². The van der Waals surface area contributed by atoms with E-state index in [2.05, 4.69) is 5.32 Å². The maximum atomic E-state index is 13.5. The Morgan fingerprint density at radius 2 is 1.72 bits per heavy atom. The number of imide groups is 1. The zero-order valence-electron chi connectivity index (χ0n) is 15.7. The van der Waals surface area contributed by atoms with Crippen LogP contribution >= 0.6 is 11.6 Å². The molecule has 4 rings (SSSR count). The Morgan fingerprint density at radius 1 is 1.00 bits per heavy atom. The lowest BCUT2D eigenvalue weighted by atomic mass is 10.2. The van der Waals surface area contributed by atoms with Gasteiger partial charge < -0.3 is 9.88 Å². The van der Waals surface area contributed by atoms with Crippen molar-refractivity contribution in [2.45, 2.75) is 13.8 Å². The summed E-state index contributed by atoms with van der Waals surface area (Å²) >= 11 is 5.92. The van der Waals surface area contributed by atoms with E-state index in [1.165, 1.54) is 6.07 Å². The van der Waals surface area contributed by atoms with Gasteiger partial charge in [0.05, 0.1) is 10.7 Å². The van der Waals surface area contributed by atoms with E-state index in [9.17, 15) is 14.0 Å². The summed E-state index contributed by atoms with van der Waals surface area (Å²) < 4.78 is 15.4. The first-order valence-corrected chi connectivity index (χ1v) is 9.31. The van der Waals surface area contributed by atoms with Gasteiger partial charge in [-0.05, 0) is 61.9 Å². The van der Waals surface area contributed by atoms with Crippen LogP contribution in [0.1, 0.15) is 17.0 Å². The molecule has 0 bridgehead atoms. The van der Waals surface area contributed by atoms with Crippen molar-refractivity contribution in [2.24, 2.45) is 0 Å². The van der Waals surface area contributed by atoms with Crippen molar-refractivity contribution in [3.8, 4) is 5.69 Å². The summed E-state index contributed by atoms with van der Waals surface area (Å²) in [6.07, 6.45) is 1.65. The molecule has 0 saturated carbocycles. The summed E-state index contributed by atoms with van der Waals surface area (Å²) in [7, 11) is 0. The van der Waals surface area contributed by atoms with Crippen molar-refractivity contribution in [1.82, 2.24) is 9.88 Å². The average molecular weight is 410 g/mol. The fourth-order valence-electron chi connectivity index (χ4n) is 3.46. The minimum absolute atomic E-state index is 0.0339. The van der Waals surface area contributed by atoms with Crippen LogP contribution in [0.3, 0.4) is 0 Å². The van der Waals surface area contributed by atoms with Gasteiger partial charge in [-0.2, -0.15) is 0 Å². The van der Waals surface area contributed by atoms with Gasteiger partial charge in [0.15, 0.2) is 0 Å². The number of halogens is 2. The minimum atomic E-state index is -0.494. The molecule has 0 spiro atoms. The number of amides is 3. The lowest BCUT2D eigenvalue weighted by Crippen LogP contribution is -2.30. The van der Waals surface area contributed by atoms with Gasteiger partial charge in [0.2, 0.25) is 0 Å². The first-order chi connectivity index (χ1) is 13.9. The molecule has 0 aliphatic carbocycles. The van der Waals surface area contributed by atoms with Crippen molar-refractivity contribution in [3.63, 3.8) is 0 Å². The molecule has 146 valence electrons. The van der Waals surface area contributed by atoms with Gasteiger partial charge in [-0.25, -0.2) is 14.1 Å². The van der Waals surface area contributed by atoms with Crippen molar-refractivity contribution in [1.29, 1.82) is 0 Å². The van der Waals surface area contributed by atoms with E-state index >= 15 is 0 Å². The first kappa shape index (κ1) is 19.0. The summed E-state index contributed by atoms with van der Waals surface area (Å²) in [5.74, 6) is -0.906. The molecule has 1 aliphatic heterocycles. The minimum Gasteiger partial charge on any atom is -0.318 e. The van der Waals surface area contributed by atoms with E-state index in [0.717, 1.165) is 21.9 Å². The molecule has 7 heteroatoms. The molecule has 2 heterocycles. The normalized spacial score (nSPS) is 15.3. The highest BCUT2D eigenvalue weighted by atomic mass is 35.5. The lowest BCUT2D eigenvalue weighted by molar-refractivity contribution is -0.113. The molecule has 1 saturated heterocycles. The van der Waals surface area contributed by atoms with Gasteiger partial charge in [-0.3, -0.25) is 4.79 Å². The highest BCUT2D eigenvalue weighted by Gasteiger charge is 2.34. The molecule has 1 aliphatic rings. The highest BCUT2D eigenvalue weighted by Crippen LogP contribution is 2.27. The van der Waals surface area contributed by atoms with E-state index in [1.54, 1.807) is 42.5 Å². The number of para-hydroxylation sites is 1. The van der Waals surface area contributed by atoms with Crippen molar-refractivity contribution < 1.29 is 14.0 Å². The van der Waals surface area contributed by atoms with Crippen molar-refractivity contribution in [3.05, 3.63) is 88.1 Å². The lowest BCUT2D eigenvalue weighted by Gasteiger charge is -2.11. The molecule has 1 fully saturated rings. The van der Waals surface area contributed by atoms with E-state index < -0.39 is 17.8 Å².